The van der Waals surface area contributed by atoms with Crippen molar-refractivity contribution in [3.05, 3.63) is 47.8 Å². The van der Waals surface area contributed by atoms with E-state index in [1.807, 2.05) is 20.8 Å². The number of amides is 1. The van der Waals surface area contributed by atoms with Gasteiger partial charge >= 0.3 is 6.09 Å². The van der Waals surface area contributed by atoms with Gasteiger partial charge in [0.15, 0.2) is 12.4 Å². The maximum atomic E-state index is 12.2. The first-order valence-electron chi connectivity index (χ1n) is 13.1. The van der Waals surface area contributed by atoms with Crippen LogP contribution in [0, 0.1) is 0 Å². The summed E-state index contributed by atoms with van der Waals surface area (Å²) in [6.07, 6.45) is 8.39. The number of carbonyl (C=O) groups excluding carboxylic acids is 1. The third-order valence-corrected chi connectivity index (χ3v) is 7.75. The summed E-state index contributed by atoms with van der Waals surface area (Å²) in [7, 11) is 2.11. The van der Waals surface area contributed by atoms with E-state index in [4.69, 9.17) is 4.74 Å². The normalized spacial score (nSPS) is 19.7. The summed E-state index contributed by atoms with van der Waals surface area (Å²) in [5.74, 6) is 0. The van der Waals surface area contributed by atoms with Gasteiger partial charge in [-0.3, -0.25) is 0 Å². The monoisotopic (exact) mass is 478 g/mol. The third kappa shape index (κ3) is 5.82. The molecule has 2 heterocycles. The maximum Gasteiger partial charge on any atom is 0.407 e. The number of alkyl carbamates (subject to hydrolysis) is 1. The minimum absolute atomic E-state index is 0.157. The van der Waals surface area contributed by atoms with E-state index in [-0.39, 0.29) is 23.0 Å². The molecule has 2 aliphatic rings. The fourth-order valence-electron chi connectivity index (χ4n) is 5.55. The highest BCUT2D eigenvalue weighted by atomic mass is 16.6. The highest BCUT2D eigenvalue weighted by Crippen LogP contribution is 2.46. The number of carbonyl (C=O) groups is 1. The molecule has 2 aromatic rings. The van der Waals surface area contributed by atoms with Crippen LogP contribution in [0.2, 0.25) is 0 Å². The van der Waals surface area contributed by atoms with Crippen LogP contribution >= 0.6 is 0 Å². The SMILES string of the molecule is C[n+]1cc(-c2ccc3c(c2)C(C)(C)CCC3(C)C)cc(N2CCC(NC(=O)OC(C)(C)C)CC2)c1. The van der Waals surface area contributed by atoms with Crippen molar-refractivity contribution >= 4 is 11.8 Å². The second-order valence-electron chi connectivity index (χ2n) is 12.9. The molecular formula is C30H44N3O2+. The van der Waals surface area contributed by atoms with Gasteiger partial charge in [-0.2, -0.15) is 0 Å². The summed E-state index contributed by atoms with van der Waals surface area (Å²) in [5, 5.41) is 3.05. The Labute approximate surface area is 211 Å². The molecule has 0 bridgehead atoms. The molecule has 1 N–H and O–H groups in total. The Kier molecular flexibility index (Phi) is 6.67. The van der Waals surface area contributed by atoms with Crippen molar-refractivity contribution in [2.45, 2.75) is 96.6 Å². The van der Waals surface area contributed by atoms with E-state index >= 15 is 0 Å². The van der Waals surface area contributed by atoms with E-state index in [1.54, 1.807) is 0 Å². The molecular weight excluding hydrogens is 434 g/mol. The quantitative estimate of drug-likeness (QED) is 0.549. The molecule has 35 heavy (non-hydrogen) atoms. The van der Waals surface area contributed by atoms with Gasteiger partial charge in [0.05, 0.1) is 0 Å². The van der Waals surface area contributed by atoms with Crippen LogP contribution < -0.4 is 14.8 Å². The molecule has 0 saturated carbocycles. The molecule has 5 nitrogen and oxygen atoms in total. The van der Waals surface area contributed by atoms with Crippen LogP contribution in [-0.2, 0) is 22.6 Å². The van der Waals surface area contributed by atoms with Crippen LogP contribution in [0.4, 0.5) is 10.5 Å². The summed E-state index contributed by atoms with van der Waals surface area (Å²) < 4.78 is 7.60. The van der Waals surface area contributed by atoms with Gasteiger partial charge in [0.2, 0.25) is 0 Å². The first-order chi connectivity index (χ1) is 16.2. The smallest absolute Gasteiger partial charge is 0.407 e. The molecule has 0 spiro atoms. The number of benzene rings is 1. The predicted molar refractivity (Wildman–Crippen MR) is 143 cm³/mol. The fraction of sp³-hybridized carbons (Fsp3) is 0.600. The Morgan fingerprint density at radius 1 is 0.971 bits per heavy atom. The van der Waals surface area contributed by atoms with Gasteiger partial charge in [-0.1, -0.05) is 45.9 Å². The number of fused-ring (bicyclic) bond motifs is 1. The summed E-state index contributed by atoms with van der Waals surface area (Å²) in [6, 6.07) is 9.59. The predicted octanol–water partition coefficient (Wildman–Crippen LogP) is 6.02. The third-order valence-electron chi connectivity index (χ3n) is 7.75. The lowest BCUT2D eigenvalue weighted by Crippen LogP contribution is -2.46. The summed E-state index contributed by atoms with van der Waals surface area (Å²) >= 11 is 0. The number of nitrogens with zero attached hydrogens (tertiary/aromatic N) is 2. The molecule has 190 valence electrons. The van der Waals surface area contributed by atoms with E-state index in [2.05, 4.69) is 86.2 Å². The van der Waals surface area contributed by atoms with Gasteiger partial charge < -0.3 is 15.0 Å². The Morgan fingerprint density at radius 3 is 2.23 bits per heavy atom. The molecule has 5 heteroatoms. The Morgan fingerprint density at radius 2 is 1.60 bits per heavy atom. The average molecular weight is 479 g/mol. The van der Waals surface area contributed by atoms with E-state index in [1.165, 1.54) is 40.8 Å². The highest BCUT2D eigenvalue weighted by Gasteiger charge is 2.37. The van der Waals surface area contributed by atoms with Crippen molar-refractivity contribution in [3.63, 3.8) is 0 Å². The average Bonchev–Trinajstić information content (AvgIpc) is 2.75. The summed E-state index contributed by atoms with van der Waals surface area (Å²) in [5.41, 5.74) is 6.72. The van der Waals surface area contributed by atoms with Crippen LogP contribution in [0.15, 0.2) is 36.7 Å². The second kappa shape index (κ2) is 9.15. The number of piperidine rings is 1. The molecule has 4 rings (SSSR count). The zero-order valence-corrected chi connectivity index (χ0v) is 23.0. The molecule has 1 aromatic carbocycles. The number of anilines is 1. The summed E-state index contributed by atoms with van der Waals surface area (Å²) in [4.78, 5) is 14.6. The lowest BCUT2D eigenvalue weighted by atomic mass is 9.63. The van der Waals surface area contributed by atoms with Crippen molar-refractivity contribution < 1.29 is 14.1 Å². The maximum absolute atomic E-state index is 12.2. The van der Waals surface area contributed by atoms with Crippen LogP contribution in [0.1, 0.15) is 85.3 Å². The van der Waals surface area contributed by atoms with Crippen LogP contribution in [0.3, 0.4) is 0 Å². The highest BCUT2D eigenvalue weighted by molar-refractivity contribution is 5.69. The van der Waals surface area contributed by atoms with Crippen molar-refractivity contribution in [2.24, 2.45) is 7.05 Å². The van der Waals surface area contributed by atoms with Crippen LogP contribution in [-0.4, -0.2) is 30.8 Å². The molecule has 1 fully saturated rings. The van der Waals surface area contributed by atoms with Gasteiger partial charge in [-0.25, -0.2) is 9.36 Å². The molecule has 1 saturated heterocycles. The lowest BCUT2D eigenvalue weighted by molar-refractivity contribution is -0.670. The van der Waals surface area contributed by atoms with E-state index in [0.29, 0.717) is 0 Å². The van der Waals surface area contributed by atoms with Gasteiger partial charge in [0, 0.05) is 24.7 Å². The lowest BCUT2D eigenvalue weighted by Gasteiger charge is -2.42. The van der Waals surface area contributed by atoms with Gasteiger partial charge in [0.1, 0.15) is 18.3 Å². The Balaban J connectivity index is 1.51. The fourth-order valence-corrected chi connectivity index (χ4v) is 5.55. The summed E-state index contributed by atoms with van der Waals surface area (Å²) in [6.45, 7) is 17.0. The number of aromatic nitrogens is 1. The van der Waals surface area contributed by atoms with E-state index in [0.717, 1.165) is 25.9 Å². The molecule has 0 unspecified atom stereocenters. The van der Waals surface area contributed by atoms with Crippen LogP contribution in [0.25, 0.3) is 11.1 Å². The van der Waals surface area contributed by atoms with Crippen molar-refractivity contribution in [3.8, 4) is 11.1 Å². The first-order valence-corrected chi connectivity index (χ1v) is 13.1. The number of rotatable bonds is 3. The van der Waals surface area contributed by atoms with Gasteiger partial charge in [-0.15, -0.1) is 0 Å². The van der Waals surface area contributed by atoms with Crippen molar-refractivity contribution in [2.75, 3.05) is 18.0 Å². The number of hydrogen-bond acceptors (Lipinski definition) is 3. The minimum Gasteiger partial charge on any atom is -0.444 e. The molecule has 0 atom stereocenters. The van der Waals surface area contributed by atoms with Crippen molar-refractivity contribution in [1.29, 1.82) is 0 Å². The minimum atomic E-state index is -0.471. The first kappa shape index (κ1) is 25.5. The number of ether oxygens (including phenoxy) is 1. The number of pyridine rings is 1. The molecule has 1 aliphatic heterocycles. The molecule has 1 aromatic heterocycles. The zero-order valence-electron chi connectivity index (χ0n) is 23.0. The number of nitrogens with one attached hydrogen (secondary N) is 1. The molecule has 1 aliphatic carbocycles. The molecule has 0 radical (unpaired) electrons. The van der Waals surface area contributed by atoms with E-state index in [9.17, 15) is 4.79 Å². The standard InChI is InChI=1S/C30H43N3O2/c1-28(2,3)35-27(34)31-23-11-15-33(16-12-23)24-17-22(19-32(8)20-24)21-9-10-25-26(18-21)30(6,7)14-13-29(25,4)5/h9-10,17-20,23H,11-16H2,1-8H3/p+1. The Hall–Kier alpha value is -2.56. The van der Waals surface area contributed by atoms with Gasteiger partial charge in [0.25, 0.3) is 0 Å². The van der Waals surface area contributed by atoms with E-state index < -0.39 is 5.60 Å². The second-order valence-corrected chi connectivity index (χ2v) is 12.9. The number of aryl methyl sites for hydroxylation is 1. The van der Waals surface area contributed by atoms with Crippen molar-refractivity contribution in [1.82, 2.24) is 5.32 Å². The molecule has 1 amide bonds. The number of hydrogen-bond donors (Lipinski definition) is 1. The largest absolute Gasteiger partial charge is 0.444 e. The van der Waals surface area contributed by atoms with Gasteiger partial charge in [-0.05, 0) is 80.0 Å². The Bertz CT molecular complexity index is 1090. The van der Waals surface area contributed by atoms with Crippen LogP contribution in [0.5, 0.6) is 0 Å². The zero-order chi connectivity index (χ0) is 25.6. The topological polar surface area (TPSA) is 45.5 Å².